The Labute approximate surface area is 278 Å². The van der Waals surface area contributed by atoms with Gasteiger partial charge in [-0.25, -0.2) is 0 Å². The van der Waals surface area contributed by atoms with Gasteiger partial charge in [0.2, 0.25) is 0 Å². The summed E-state index contributed by atoms with van der Waals surface area (Å²) in [7, 11) is 0. The maximum atomic E-state index is 10.6. The molecule has 8 aromatic rings. The van der Waals surface area contributed by atoms with E-state index >= 15 is 0 Å². The van der Waals surface area contributed by atoms with Crippen LogP contribution in [0.3, 0.4) is 0 Å². The van der Waals surface area contributed by atoms with Crippen LogP contribution in [-0.4, -0.2) is 9.13 Å². The maximum Gasteiger partial charge on any atom is 0.0993 e. The van der Waals surface area contributed by atoms with E-state index in [1.54, 1.807) is 6.07 Å². The Hall–Kier alpha value is -6.61. The molecule has 2 aromatic heterocycles. The zero-order valence-corrected chi connectivity index (χ0v) is 27.1. The lowest BCUT2D eigenvalue weighted by atomic mass is 9.95. The third-order valence-corrected chi connectivity index (χ3v) is 9.34. The molecule has 5 nitrogen and oxygen atoms in total. The zero-order chi connectivity index (χ0) is 33.3. The van der Waals surface area contributed by atoms with E-state index in [1.807, 2.05) is 24.3 Å². The van der Waals surface area contributed by atoms with Crippen molar-refractivity contribution in [1.29, 1.82) is 15.8 Å². The van der Waals surface area contributed by atoms with Gasteiger partial charge in [-0.1, -0.05) is 48.5 Å². The van der Waals surface area contributed by atoms with Crippen LogP contribution in [0, 0.1) is 61.7 Å². The standard InChI is InChI=1S/C43H29N5/c1-25-5-9-33-34-10-6-26(2)14-38(34)47(37(33)13-25)41-20-31(24-46)21-42(43(41)32-18-29(22-44)17-30(19-32)23-45)48-39-15-27(3)7-11-35(39)36-12-8-28(4)16-40(36)48/h5-21H,1-4H3. The second-order valence-corrected chi connectivity index (χ2v) is 12.8. The SMILES string of the molecule is Cc1ccc2c3ccc(C)cc3n(-c3cc(C#N)cc(-n4c5cc(C)ccc5c5ccc(C)cc54)c3-c3cc(C#N)cc(C#N)c3)c2c1. The third kappa shape index (κ3) is 4.36. The van der Waals surface area contributed by atoms with E-state index in [0.717, 1.165) is 88.4 Å². The van der Waals surface area contributed by atoms with Crippen LogP contribution in [0.4, 0.5) is 0 Å². The number of nitrogens with zero attached hydrogens (tertiary/aromatic N) is 5. The number of rotatable bonds is 3. The third-order valence-electron chi connectivity index (χ3n) is 9.34. The van der Waals surface area contributed by atoms with Gasteiger partial charge in [0.15, 0.2) is 0 Å². The molecule has 0 N–H and O–H groups in total. The van der Waals surface area contributed by atoms with Crippen LogP contribution >= 0.6 is 0 Å². The minimum Gasteiger partial charge on any atom is -0.308 e. The molecule has 48 heavy (non-hydrogen) atoms. The van der Waals surface area contributed by atoms with Gasteiger partial charge in [-0.15, -0.1) is 0 Å². The fraction of sp³-hybridized carbons (Fsp3) is 0.0930. The number of fused-ring (bicyclic) bond motifs is 6. The molecule has 0 amide bonds. The average Bonchev–Trinajstić information content (AvgIpc) is 3.57. The van der Waals surface area contributed by atoms with Gasteiger partial charge in [0.05, 0.1) is 68.3 Å². The molecule has 5 heteroatoms. The van der Waals surface area contributed by atoms with E-state index in [1.165, 1.54) is 0 Å². The molecule has 0 atom stereocenters. The van der Waals surface area contributed by atoms with Crippen LogP contribution < -0.4 is 0 Å². The molecule has 0 aliphatic rings. The Bertz CT molecular complexity index is 2510. The van der Waals surface area contributed by atoms with Crippen molar-refractivity contribution in [2.75, 3.05) is 0 Å². The fourth-order valence-corrected chi connectivity index (χ4v) is 7.22. The number of nitriles is 3. The molecule has 0 aliphatic heterocycles. The Morgan fingerprint density at radius 1 is 0.396 bits per heavy atom. The second kappa shape index (κ2) is 10.7. The van der Waals surface area contributed by atoms with Crippen LogP contribution in [0.5, 0.6) is 0 Å². The first-order valence-corrected chi connectivity index (χ1v) is 15.9. The second-order valence-electron chi connectivity index (χ2n) is 12.8. The van der Waals surface area contributed by atoms with E-state index in [4.69, 9.17) is 0 Å². The lowest BCUT2D eigenvalue weighted by Gasteiger charge is -2.21. The van der Waals surface area contributed by atoms with Crippen molar-refractivity contribution < 1.29 is 0 Å². The summed E-state index contributed by atoms with van der Waals surface area (Å²) in [5.74, 6) is 0. The lowest BCUT2D eigenvalue weighted by Crippen LogP contribution is -2.05. The normalized spacial score (nSPS) is 11.3. The number of aromatic nitrogens is 2. The largest absolute Gasteiger partial charge is 0.308 e. The van der Waals surface area contributed by atoms with Gasteiger partial charge in [0.1, 0.15) is 0 Å². The quantitative estimate of drug-likeness (QED) is 0.198. The van der Waals surface area contributed by atoms with Crippen LogP contribution in [-0.2, 0) is 0 Å². The number of aryl methyl sites for hydroxylation is 4. The van der Waals surface area contributed by atoms with Crippen LogP contribution in [0.25, 0.3) is 66.1 Å². The van der Waals surface area contributed by atoms with Crippen molar-refractivity contribution in [3.8, 4) is 40.7 Å². The van der Waals surface area contributed by atoms with Crippen LogP contribution in [0.1, 0.15) is 38.9 Å². The molecule has 0 unspecified atom stereocenters. The Kier molecular flexibility index (Phi) is 6.45. The molecular formula is C43H29N5. The van der Waals surface area contributed by atoms with Gasteiger partial charge in [-0.2, -0.15) is 15.8 Å². The molecular weight excluding hydrogens is 587 g/mol. The first-order valence-electron chi connectivity index (χ1n) is 15.9. The summed E-state index contributed by atoms with van der Waals surface area (Å²) in [5.41, 5.74) is 13.0. The predicted octanol–water partition coefficient (Wildman–Crippen LogP) is 10.4. The van der Waals surface area contributed by atoms with Crippen molar-refractivity contribution in [1.82, 2.24) is 9.13 Å². The molecule has 0 aliphatic carbocycles. The molecule has 0 spiro atoms. The molecule has 0 bridgehead atoms. The van der Waals surface area contributed by atoms with Gasteiger partial charge >= 0.3 is 0 Å². The van der Waals surface area contributed by atoms with Gasteiger partial charge in [0.25, 0.3) is 0 Å². The number of hydrogen-bond acceptors (Lipinski definition) is 3. The average molecular weight is 616 g/mol. The molecule has 0 fully saturated rings. The Balaban J connectivity index is 1.65. The zero-order valence-electron chi connectivity index (χ0n) is 27.1. The molecule has 0 saturated heterocycles. The first kappa shape index (κ1) is 28.8. The van der Waals surface area contributed by atoms with Gasteiger partial charge < -0.3 is 9.13 Å². The van der Waals surface area contributed by atoms with Gasteiger partial charge in [0, 0.05) is 27.1 Å². The Morgan fingerprint density at radius 3 is 1.02 bits per heavy atom. The van der Waals surface area contributed by atoms with E-state index in [-0.39, 0.29) is 0 Å². The fourth-order valence-electron chi connectivity index (χ4n) is 7.22. The monoisotopic (exact) mass is 615 g/mol. The van der Waals surface area contributed by atoms with E-state index in [2.05, 4.69) is 128 Å². The lowest BCUT2D eigenvalue weighted by molar-refractivity contribution is 1.13. The summed E-state index contributed by atoms with van der Waals surface area (Å²) in [4.78, 5) is 0. The molecule has 0 saturated carbocycles. The van der Waals surface area contributed by atoms with Crippen molar-refractivity contribution in [2.24, 2.45) is 0 Å². The molecule has 2 heterocycles. The van der Waals surface area contributed by atoms with Crippen molar-refractivity contribution in [3.63, 3.8) is 0 Å². The summed E-state index contributed by atoms with van der Waals surface area (Å²) >= 11 is 0. The van der Waals surface area contributed by atoms with E-state index in [9.17, 15) is 15.8 Å². The molecule has 226 valence electrons. The Morgan fingerprint density at radius 2 is 0.708 bits per heavy atom. The number of hydrogen-bond donors (Lipinski definition) is 0. The highest BCUT2D eigenvalue weighted by Crippen LogP contribution is 2.43. The van der Waals surface area contributed by atoms with Crippen LogP contribution in [0.2, 0.25) is 0 Å². The summed E-state index contributed by atoms with van der Waals surface area (Å²) in [6.07, 6.45) is 0. The van der Waals surface area contributed by atoms with Crippen molar-refractivity contribution in [2.45, 2.75) is 27.7 Å². The van der Waals surface area contributed by atoms with Crippen LogP contribution in [0.15, 0.2) is 103 Å². The van der Waals surface area contributed by atoms with Crippen molar-refractivity contribution in [3.05, 3.63) is 142 Å². The molecule has 6 aromatic carbocycles. The van der Waals surface area contributed by atoms with E-state index in [0.29, 0.717) is 16.7 Å². The highest BCUT2D eigenvalue weighted by Gasteiger charge is 2.24. The van der Waals surface area contributed by atoms with Gasteiger partial charge in [-0.3, -0.25) is 0 Å². The minimum absolute atomic E-state index is 0.396. The predicted molar refractivity (Wildman–Crippen MR) is 194 cm³/mol. The van der Waals surface area contributed by atoms with E-state index < -0.39 is 0 Å². The minimum atomic E-state index is 0.396. The topological polar surface area (TPSA) is 81.2 Å². The molecule has 8 rings (SSSR count). The molecule has 0 radical (unpaired) electrons. The summed E-state index contributed by atoms with van der Waals surface area (Å²) in [6, 6.07) is 42.1. The maximum absolute atomic E-state index is 10.6. The smallest absolute Gasteiger partial charge is 0.0993 e. The summed E-state index contributed by atoms with van der Waals surface area (Å²) < 4.78 is 4.50. The summed E-state index contributed by atoms with van der Waals surface area (Å²) in [6.45, 7) is 8.35. The van der Waals surface area contributed by atoms with Gasteiger partial charge in [-0.05, 0) is 110 Å². The highest BCUT2D eigenvalue weighted by atomic mass is 15.0. The van der Waals surface area contributed by atoms with Crippen molar-refractivity contribution >= 4 is 43.6 Å². The highest BCUT2D eigenvalue weighted by molar-refractivity contribution is 6.12. The number of benzene rings is 6. The summed E-state index contributed by atoms with van der Waals surface area (Å²) in [5, 5.41) is 35.2. The first-order chi connectivity index (χ1) is 23.3.